The number of imide groups is 1. The monoisotopic (exact) mass is 1430 g/mol. The SMILES string of the molecule is CCCC[C@H](NC(=O)/C=C(\C)c1ccc(C(F)(F)P(=O)(OCOC(=O)C(C)(C)C)OCOC(=O)C(C)(C)C)cc1)C(=O)N1C[C@H]2C#C[C@H]2[C@H]1C(=O)N[C@@H](CCC(N)=O)[C@@H](C)OCc1ccc(CCCNC(=O)COCCOCCCc2ccc3c(c2)n(C)c(=O)n3C2CCC(=O)NC2=O)cc1. The molecule has 1 unspecified atom stereocenters. The van der Waals surface area contributed by atoms with Gasteiger partial charge in [-0.25, -0.2) is 4.79 Å². The van der Waals surface area contributed by atoms with Crippen LogP contribution in [0, 0.1) is 34.5 Å². The van der Waals surface area contributed by atoms with Crippen molar-refractivity contribution < 1.29 is 89.2 Å². The van der Waals surface area contributed by atoms with Gasteiger partial charge in [0.15, 0.2) is 0 Å². The van der Waals surface area contributed by atoms with Gasteiger partial charge in [-0.1, -0.05) is 86.2 Å². The minimum atomic E-state index is -5.61. The fourth-order valence-corrected chi connectivity index (χ4v) is 12.7. The highest BCUT2D eigenvalue weighted by molar-refractivity contribution is 7.54. The quantitative estimate of drug-likeness (QED) is 0.00559. The number of imidazole rings is 1. The molecule has 1 aliphatic carbocycles. The molecule has 2 fully saturated rings. The third-order valence-corrected chi connectivity index (χ3v) is 19.3. The number of primary amides is 1. The number of fused-ring (bicyclic) bond motifs is 2. The normalized spacial score (nSPS) is 17.9. The number of esters is 2. The van der Waals surface area contributed by atoms with E-state index in [1.165, 1.54) is 80.7 Å². The average Bonchev–Trinajstić information content (AvgIpc) is 1.63. The molecule has 3 aliphatic rings. The van der Waals surface area contributed by atoms with Gasteiger partial charge in [0.1, 0.15) is 24.7 Å². The second-order valence-corrected chi connectivity index (χ2v) is 29.6. The van der Waals surface area contributed by atoms with Crippen molar-refractivity contribution in [3.63, 3.8) is 0 Å². The summed E-state index contributed by atoms with van der Waals surface area (Å²) in [6, 6.07) is 14.2. The van der Waals surface area contributed by atoms with E-state index in [-0.39, 0.29) is 93.0 Å². The van der Waals surface area contributed by atoms with E-state index in [1.807, 2.05) is 49.4 Å². The second-order valence-electron chi connectivity index (χ2n) is 27.5. The van der Waals surface area contributed by atoms with Crippen molar-refractivity contribution in [3.8, 4) is 11.8 Å². The maximum atomic E-state index is 16.3. The summed E-state index contributed by atoms with van der Waals surface area (Å²) in [5.74, 6) is 0.186. The fraction of sp³-hybridized carbons (Fsp3) is 0.556. The zero-order chi connectivity index (χ0) is 74.0. The lowest BCUT2D eigenvalue weighted by Gasteiger charge is -2.32. The zero-order valence-corrected chi connectivity index (χ0v) is 60.0. The summed E-state index contributed by atoms with van der Waals surface area (Å²) in [5, 5.41) is 11.0. The summed E-state index contributed by atoms with van der Waals surface area (Å²) in [4.78, 5) is 131. The van der Waals surface area contributed by atoms with Crippen molar-refractivity contribution in [1.29, 1.82) is 0 Å². The number of ether oxygens (including phenoxy) is 5. The zero-order valence-electron chi connectivity index (χ0n) is 59.1. The minimum Gasteiger partial charge on any atom is -0.438 e. The van der Waals surface area contributed by atoms with E-state index in [0.717, 1.165) is 28.8 Å². The number of unbranched alkanes of at least 4 members (excludes halogenated alkanes) is 1. The van der Waals surface area contributed by atoms with Gasteiger partial charge in [0.2, 0.25) is 54.9 Å². The molecule has 0 saturated carbocycles. The van der Waals surface area contributed by atoms with Crippen molar-refractivity contribution in [1.82, 2.24) is 35.3 Å². The number of aromatic nitrogens is 2. The number of piperidine rings is 1. The number of allylic oxidation sites excluding steroid dienone is 1. The number of nitrogens with two attached hydrogens (primary N) is 1. The lowest BCUT2D eigenvalue weighted by atomic mass is 9.83. The van der Waals surface area contributed by atoms with Gasteiger partial charge in [-0.2, -0.15) is 8.78 Å². The number of carbonyl (C=O) groups excluding carboxylic acids is 9. The Morgan fingerprint density at radius 1 is 0.792 bits per heavy atom. The number of hydrogen-bond acceptors (Lipinski definition) is 18. The lowest BCUT2D eigenvalue weighted by molar-refractivity contribution is -0.163. The molecule has 4 aromatic rings. The first-order valence-corrected chi connectivity index (χ1v) is 35.5. The molecule has 550 valence electrons. The van der Waals surface area contributed by atoms with E-state index in [1.54, 1.807) is 14.0 Å². The van der Waals surface area contributed by atoms with Crippen LogP contribution >= 0.6 is 7.60 Å². The Kier molecular flexibility index (Phi) is 28.4. The Labute approximate surface area is 586 Å². The minimum absolute atomic E-state index is 0.0739. The number of nitrogens with one attached hydrogen (secondary N) is 4. The summed E-state index contributed by atoms with van der Waals surface area (Å²) >= 11 is 0. The Morgan fingerprint density at radius 3 is 2.04 bits per heavy atom. The molecule has 7 amide bonds. The number of hydrogen-bond donors (Lipinski definition) is 5. The molecule has 0 bridgehead atoms. The average molecular weight is 1430 g/mol. The lowest BCUT2D eigenvalue weighted by Crippen LogP contribution is -2.57. The molecule has 7 atom stereocenters. The number of likely N-dealkylation sites (tertiary alicyclic amines) is 1. The standard InChI is InChI=1S/C72H95F2N8O18P/c1-11-12-17-55(77-61(85)38-45(2)50-23-26-52(27-24-50)72(73,74)101(93,99-43-97-67(90)70(4,5)6)100-44-98-68(91)71(7,8)9)66(89)81-40-51-25-28-53(51)63(81)65(88)78-54(29-32-59(75)83)46(3)96-41-49-20-18-47(19-21-49)15-13-34-76-62(86)42-95-37-36-94-35-14-16-48-22-30-56-58(39-48)80(10)69(92)82(56)57-31-33-60(84)79-64(57)87/h18-24,26-27,30,38-39,46,51,53-55,57,63H,11-17,29,31-37,40-44H2,1-10H3,(H2,75,83)(H,76,86)(H,77,85)(H,78,88)(H,79,84,87)/b45-38+/t46-,51-,53-,54+,55+,57?,63+/m1/s1. The molecule has 0 radical (unpaired) electrons. The predicted molar refractivity (Wildman–Crippen MR) is 367 cm³/mol. The number of aryl methyl sites for hydroxylation is 3. The van der Waals surface area contributed by atoms with E-state index in [9.17, 15) is 52.5 Å². The summed E-state index contributed by atoms with van der Waals surface area (Å²) in [6.07, 6.45) is 5.16. The van der Waals surface area contributed by atoms with Crippen LogP contribution in [0.5, 0.6) is 0 Å². The highest BCUT2D eigenvalue weighted by Gasteiger charge is 2.56. The highest BCUT2D eigenvalue weighted by atomic mass is 31.2. The van der Waals surface area contributed by atoms with Gasteiger partial charge in [-0.3, -0.25) is 71.2 Å². The highest BCUT2D eigenvalue weighted by Crippen LogP contribution is 2.67. The van der Waals surface area contributed by atoms with E-state index < -0.39 is 121 Å². The molecule has 0 spiro atoms. The van der Waals surface area contributed by atoms with E-state index in [4.69, 9.17) is 38.5 Å². The Bertz CT molecular complexity index is 3810. The van der Waals surface area contributed by atoms with Crippen LogP contribution in [-0.2, 0) is 113 Å². The van der Waals surface area contributed by atoms with Crippen LogP contribution in [0.3, 0.4) is 0 Å². The molecule has 7 rings (SSSR count). The van der Waals surface area contributed by atoms with Crippen LogP contribution in [-0.4, -0.2) is 145 Å². The van der Waals surface area contributed by atoms with Crippen LogP contribution in [0.4, 0.5) is 8.78 Å². The Balaban J connectivity index is 0.848. The maximum Gasteiger partial charge on any atom is 0.410 e. The predicted octanol–water partition coefficient (Wildman–Crippen LogP) is 7.30. The molecular weight excluding hydrogens is 1330 g/mol. The third-order valence-electron chi connectivity index (χ3n) is 17.5. The van der Waals surface area contributed by atoms with Gasteiger partial charge in [0.25, 0.3) is 0 Å². The second kappa shape index (κ2) is 35.9. The number of halogens is 2. The number of nitrogens with zero attached hydrogens (tertiary/aromatic N) is 3. The summed E-state index contributed by atoms with van der Waals surface area (Å²) in [7, 11) is -3.96. The van der Waals surface area contributed by atoms with Crippen molar-refractivity contribution in [2.24, 2.45) is 35.4 Å². The van der Waals surface area contributed by atoms with Crippen LogP contribution in [0.15, 0.2) is 77.6 Å². The van der Waals surface area contributed by atoms with Crippen LogP contribution in [0.1, 0.15) is 154 Å². The maximum absolute atomic E-state index is 16.3. The van der Waals surface area contributed by atoms with Crippen LogP contribution < -0.4 is 32.7 Å². The number of benzene rings is 3. The molecule has 6 N–H and O–H groups in total. The van der Waals surface area contributed by atoms with Gasteiger partial charge in [-0.15, -0.1) is 0 Å². The molecule has 2 aliphatic heterocycles. The number of carbonyl (C=O) groups is 9. The van der Waals surface area contributed by atoms with Crippen LogP contribution in [0.25, 0.3) is 16.6 Å². The van der Waals surface area contributed by atoms with Crippen molar-refractivity contribution in [2.45, 2.75) is 175 Å². The molecule has 1 aromatic heterocycles. The van der Waals surface area contributed by atoms with E-state index >= 15 is 8.78 Å². The first-order valence-electron chi connectivity index (χ1n) is 34.0. The van der Waals surface area contributed by atoms with Gasteiger partial charge in [0, 0.05) is 51.2 Å². The van der Waals surface area contributed by atoms with Gasteiger partial charge >= 0.3 is 30.9 Å². The molecular formula is C72H95F2N8O18P. The number of alkyl halides is 2. The fourth-order valence-electron chi connectivity index (χ4n) is 11.5. The van der Waals surface area contributed by atoms with Crippen molar-refractivity contribution >= 4 is 77.5 Å². The molecule has 3 aromatic carbocycles. The van der Waals surface area contributed by atoms with E-state index in [2.05, 4.69) is 33.1 Å². The molecule has 29 heteroatoms. The third kappa shape index (κ3) is 21.8. The van der Waals surface area contributed by atoms with Crippen LogP contribution in [0.2, 0.25) is 0 Å². The van der Waals surface area contributed by atoms with Gasteiger partial charge in [-0.05, 0) is 140 Å². The topological polar surface area (TPSA) is 340 Å². The summed E-state index contributed by atoms with van der Waals surface area (Å²) in [5.41, 5.74) is 2.67. The molecule has 2 saturated heterocycles. The van der Waals surface area contributed by atoms with Gasteiger partial charge in [0.05, 0.1) is 65.7 Å². The summed E-state index contributed by atoms with van der Waals surface area (Å²) < 4.78 is 86.7. The van der Waals surface area contributed by atoms with Crippen molar-refractivity contribution in [2.75, 3.05) is 53.1 Å². The first-order chi connectivity index (χ1) is 47.7. The largest absolute Gasteiger partial charge is 0.438 e. The van der Waals surface area contributed by atoms with E-state index in [0.29, 0.717) is 69.3 Å². The molecule has 3 heterocycles. The Morgan fingerprint density at radius 2 is 1.43 bits per heavy atom. The molecule has 26 nitrogen and oxygen atoms in total. The Hall–Kier alpha value is -8.45. The smallest absolute Gasteiger partial charge is 0.410 e. The van der Waals surface area contributed by atoms with Crippen molar-refractivity contribution in [3.05, 3.63) is 111 Å². The number of rotatable bonds is 38. The summed E-state index contributed by atoms with van der Waals surface area (Å²) in [6.45, 7) is 13.5. The van der Waals surface area contributed by atoms with Gasteiger partial charge < -0.3 is 50.3 Å². The molecule has 101 heavy (non-hydrogen) atoms. The first kappa shape index (κ1) is 79.9. The number of amides is 7.